The minimum atomic E-state index is 0.170. The van der Waals surface area contributed by atoms with E-state index in [1.807, 2.05) is 42.5 Å². The number of allylic oxidation sites excluding steroid dienone is 1. The van der Waals surface area contributed by atoms with Gasteiger partial charge in [0.15, 0.2) is 5.78 Å². The van der Waals surface area contributed by atoms with Crippen LogP contribution in [0.2, 0.25) is 0 Å². The standard InChI is InChI=1S/C23H18O/c24-23-21(15-14-20-8-4-5-9-22(20)23)16-17-10-12-19(13-11-17)18-6-2-1-3-7-18/h1-13,16H,14-15H2. The number of Topliss-reactive ketones (excluding diaryl/α,β-unsaturated/α-hetero) is 1. The van der Waals surface area contributed by atoms with Crippen LogP contribution in [0.3, 0.4) is 0 Å². The third-order valence-electron chi connectivity index (χ3n) is 4.58. The molecular weight excluding hydrogens is 292 g/mol. The van der Waals surface area contributed by atoms with Crippen LogP contribution in [0, 0.1) is 0 Å². The molecule has 0 saturated heterocycles. The molecule has 0 saturated carbocycles. The molecular formula is C23H18O. The number of aryl methyl sites for hydroxylation is 1. The fraction of sp³-hybridized carbons (Fsp3) is 0.0870. The Morgan fingerprint density at radius 1 is 0.667 bits per heavy atom. The number of carbonyl (C=O) groups excluding carboxylic acids is 1. The number of hydrogen-bond acceptors (Lipinski definition) is 1. The Hall–Kier alpha value is -2.93. The van der Waals surface area contributed by atoms with Crippen molar-refractivity contribution in [3.05, 3.63) is 101 Å². The minimum Gasteiger partial charge on any atom is -0.289 e. The maximum atomic E-state index is 12.6. The van der Waals surface area contributed by atoms with Crippen molar-refractivity contribution in [2.45, 2.75) is 12.8 Å². The van der Waals surface area contributed by atoms with E-state index in [1.165, 1.54) is 16.7 Å². The Kier molecular flexibility index (Phi) is 3.84. The average Bonchev–Trinajstić information content (AvgIpc) is 2.66. The smallest absolute Gasteiger partial charge is 0.189 e. The first-order valence-electron chi connectivity index (χ1n) is 8.30. The molecule has 3 aromatic rings. The normalized spacial score (nSPS) is 15.3. The van der Waals surface area contributed by atoms with Crippen molar-refractivity contribution in [2.24, 2.45) is 0 Å². The summed E-state index contributed by atoms with van der Waals surface area (Å²) < 4.78 is 0. The van der Waals surface area contributed by atoms with E-state index in [0.717, 1.165) is 29.5 Å². The lowest BCUT2D eigenvalue weighted by Crippen LogP contribution is -2.13. The second kappa shape index (κ2) is 6.29. The molecule has 0 spiro atoms. The van der Waals surface area contributed by atoms with Gasteiger partial charge < -0.3 is 0 Å². The predicted molar refractivity (Wildman–Crippen MR) is 98.9 cm³/mol. The van der Waals surface area contributed by atoms with Crippen LogP contribution in [0.15, 0.2) is 84.4 Å². The van der Waals surface area contributed by atoms with Crippen LogP contribution in [0.4, 0.5) is 0 Å². The van der Waals surface area contributed by atoms with Crippen LogP contribution >= 0.6 is 0 Å². The third-order valence-corrected chi connectivity index (χ3v) is 4.58. The lowest BCUT2D eigenvalue weighted by molar-refractivity contribution is 0.102. The topological polar surface area (TPSA) is 17.1 Å². The molecule has 0 aliphatic heterocycles. The van der Waals surface area contributed by atoms with Gasteiger partial charge in [-0.15, -0.1) is 0 Å². The van der Waals surface area contributed by atoms with Crippen LogP contribution in [0.1, 0.15) is 27.9 Å². The molecule has 0 atom stereocenters. The zero-order chi connectivity index (χ0) is 16.4. The van der Waals surface area contributed by atoms with Gasteiger partial charge in [0.25, 0.3) is 0 Å². The first-order chi connectivity index (χ1) is 11.8. The van der Waals surface area contributed by atoms with E-state index < -0.39 is 0 Å². The van der Waals surface area contributed by atoms with Gasteiger partial charge in [0.05, 0.1) is 0 Å². The molecule has 0 heterocycles. The van der Waals surface area contributed by atoms with Gasteiger partial charge in [-0.1, -0.05) is 78.9 Å². The first kappa shape index (κ1) is 14.6. The molecule has 0 radical (unpaired) electrons. The van der Waals surface area contributed by atoms with E-state index >= 15 is 0 Å². The molecule has 0 fully saturated rings. The molecule has 0 N–H and O–H groups in total. The molecule has 0 unspecified atom stereocenters. The zero-order valence-electron chi connectivity index (χ0n) is 13.4. The summed E-state index contributed by atoms with van der Waals surface area (Å²) in [4.78, 5) is 12.6. The number of ketones is 1. The molecule has 1 aliphatic rings. The van der Waals surface area contributed by atoms with E-state index in [0.29, 0.717) is 0 Å². The van der Waals surface area contributed by atoms with Crippen LogP contribution in [0.5, 0.6) is 0 Å². The first-order valence-corrected chi connectivity index (χ1v) is 8.30. The minimum absolute atomic E-state index is 0.170. The quantitative estimate of drug-likeness (QED) is 0.566. The zero-order valence-corrected chi connectivity index (χ0v) is 13.4. The Labute approximate surface area is 142 Å². The Balaban J connectivity index is 1.61. The molecule has 3 aromatic carbocycles. The molecule has 4 rings (SSSR count). The Bertz CT molecular complexity index is 902. The summed E-state index contributed by atoms with van der Waals surface area (Å²) in [6.07, 6.45) is 3.79. The monoisotopic (exact) mass is 310 g/mol. The SMILES string of the molecule is O=C1C(=Cc2ccc(-c3ccccc3)cc2)CCc2ccccc21. The summed E-state index contributed by atoms with van der Waals surface area (Å²) in [6.45, 7) is 0. The van der Waals surface area contributed by atoms with Gasteiger partial charge in [-0.3, -0.25) is 4.79 Å². The van der Waals surface area contributed by atoms with Gasteiger partial charge >= 0.3 is 0 Å². The second-order valence-corrected chi connectivity index (χ2v) is 6.14. The molecule has 1 aliphatic carbocycles. The van der Waals surface area contributed by atoms with Gasteiger partial charge in [0.1, 0.15) is 0 Å². The fourth-order valence-corrected chi connectivity index (χ4v) is 3.26. The molecule has 1 nitrogen and oxygen atoms in total. The highest BCUT2D eigenvalue weighted by molar-refractivity contribution is 6.13. The number of benzene rings is 3. The second-order valence-electron chi connectivity index (χ2n) is 6.14. The van der Waals surface area contributed by atoms with Crippen LogP contribution in [0.25, 0.3) is 17.2 Å². The van der Waals surface area contributed by atoms with Gasteiger partial charge in [-0.05, 0) is 41.2 Å². The number of hydrogen-bond donors (Lipinski definition) is 0. The third kappa shape index (κ3) is 2.81. The highest BCUT2D eigenvalue weighted by atomic mass is 16.1. The van der Waals surface area contributed by atoms with E-state index in [9.17, 15) is 4.79 Å². The van der Waals surface area contributed by atoms with Gasteiger partial charge in [-0.25, -0.2) is 0 Å². The fourth-order valence-electron chi connectivity index (χ4n) is 3.26. The van der Waals surface area contributed by atoms with Crippen molar-refractivity contribution in [1.29, 1.82) is 0 Å². The summed E-state index contributed by atoms with van der Waals surface area (Å²) in [5, 5.41) is 0. The number of rotatable bonds is 2. The van der Waals surface area contributed by atoms with Crippen molar-refractivity contribution in [3.8, 4) is 11.1 Å². The molecule has 0 aromatic heterocycles. The van der Waals surface area contributed by atoms with E-state index in [2.05, 4.69) is 42.5 Å². The maximum Gasteiger partial charge on any atom is 0.189 e. The summed E-state index contributed by atoms with van der Waals surface area (Å²) in [5.41, 5.74) is 6.41. The van der Waals surface area contributed by atoms with Crippen molar-refractivity contribution >= 4 is 11.9 Å². The van der Waals surface area contributed by atoms with Crippen molar-refractivity contribution < 1.29 is 4.79 Å². The average molecular weight is 310 g/mol. The van der Waals surface area contributed by atoms with Gasteiger partial charge in [0, 0.05) is 11.1 Å². The lowest BCUT2D eigenvalue weighted by Gasteiger charge is -2.17. The molecule has 0 bridgehead atoms. The van der Waals surface area contributed by atoms with Crippen LogP contribution < -0.4 is 0 Å². The van der Waals surface area contributed by atoms with E-state index in [4.69, 9.17) is 0 Å². The summed E-state index contributed by atoms with van der Waals surface area (Å²) in [6, 6.07) is 26.7. The van der Waals surface area contributed by atoms with Crippen LogP contribution in [-0.2, 0) is 6.42 Å². The number of carbonyl (C=O) groups is 1. The lowest BCUT2D eigenvalue weighted by atomic mass is 9.86. The molecule has 24 heavy (non-hydrogen) atoms. The Morgan fingerprint density at radius 3 is 2.12 bits per heavy atom. The van der Waals surface area contributed by atoms with Gasteiger partial charge in [0.2, 0.25) is 0 Å². The van der Waals surface area contributed by atoms with Crippen molar-refractivity contribution in [1.82, 2.24) is 0 Å². The van der Waals surface area contributed by atoms with E-state index in [-0.39, 0.29) is 5.78 Å². The summed E-state index contributed by atoms with van der Waals surface area (Å²) >= 11 is 0. The van der Waals surface area contributed by atoms with E-state index in [1.54, 1.807) is 0 Å². The molecule has 1 heteroatoms. The van der Waals surface area contributed by atoms with Crippen molar-refractivity contribution in [3.63, 3.8) is 0 Å². The van der Waals surface area contributed by atoms with Gasteiger partial charge in [-0.2, -0.15) is 0 Å². The maximum absolute atomic E-state index is 12.6. The molecule has 0 amide bonds. The predicted octanol–water partition coefficient (Wildman–Crippen LogP) is 5.57. The highest BCUT2D eigenvalue weighted by Crippen LogP contribution is 2.27. The highest BCUT2D eigenvalue weighted by Gasteiger charge is 2.20. The summed E-state index contributed by atoms with van der Waals surface area (Å²) in [5.74, 6) is 0.170. The van der Waals surface area contributed by atoms with Crippen LogP contribution in [-0.4, -0.2) is 5.78 Å². The van der Waals surface area contributed by atoms with Crippen molar-refractivity contribution in [2.75, 3.05) is 0 Å². The largest absolute Gasteiger partial charge is 0.289 e. The summed E-state index contributed by atoms with van der Waals surface area (Å²) in [7, 11) is 0. The number of fused-ring (bicyclic) bond motifs is 1. The Morgan fingerprint density at radius 2 is 1.33 bits per heavy atom. The molecule has 116 valence electrons.